The molecule has 6 heteroatoms. The summed E-state index contributed by atoms with van der Waals surface area (Å²) in [6.07, 6.45) is 1.10. The highest BCUT2D eigenvalue weighted by molar-refractivity contribution is 5.97. The highest BCUT2D eigenvalue weighted by atomic mass is 16.5. The summed E-state index contributed by atoms with van der Waals surface area (Å²) in [4.78, 5) is 22.5. The SMILES string of the molecule is CCCOc1ccc(CC(CC(N)C(=O)C#N)C(=O)O)cc1. The van der Waals surface area contributed by atoms with Crippen molar-refractivity contribution in [1.82, 2.24) is 0 Å². The van der Waals surface area contributed by atoms with Gasteiger partial charge < -0.3 is 15.6 Å². The minimum Gasteiger partial charge on any atom is -0.494 e. The number of ether oxygens (including phenoxy) is 1. The zero-order chi connectivity index (χ0) is 16.5. The number of nitriles is 1. The molecule has 0 aliphatic rings. The third-order valence-electron chi connectivity index (χ3n) is 3.21. The Morgan fingerprint density at radius 3 is 2.50 bits per heavy atom. The van der Waals surface area contributed by atoms with Crippen LogP contribution < -0.4 is 10.5 Å². The molecule has 3 N–H and O–H groups in total. The zero-order valence-electron chi connectivity index (χ0n) is 12.5. The van der Waals surface area contributed by atoms with E-state index < -0.39 is 23.7 Å². The molecule has 0 heterocycles. The number of aliphatic carboxylic acids is 1. The van der Waals surface area contributed by atoms with Gasteiger partial charge in [-0.3, -0.25) is 9.59 Å². The fourth-order valence-electron chi connectivity index (χ4n) is 1.99. The Morgan fingerprint density at radius 2 is 2.00 bits per heavy atom. The summed E-state index contributed by atoms with van der Waals surface area (Å²) in [6.45, 7) is 2.64. The van der Waals surface area contributed by atoms with Crippen LogP contribution in [0.5, 0.6) is 5.75 Å². The number of nitrogens with two attached hydrogens (primary N) is 1. The fourth-order valence-corrected chi connectivity index (χ4v) is 1.99. The Kier molecular flexibility index (Phi) is 7.06. The van der Waals surface area contributed by atoms with Crippen molar-refractivity contribution in [3.05, 3.63) is 29.8 Å². The highest BCUT2D eigenvalue weighted by Gasteiger charge is 2.24. The number of ketones is 1. The van der Waals surface area contributed by atoms with Crippen LogP contribution in [-0.4, -0.2) is 29.5 Å². The van der Waals surface area contributed by atoms with E-state index in [1.54, 1.807) is 24.3 Å². The van der Waals surface area contributed by atoms with Crippen LogP contribution in [-0.2, 0) is 16.0 Å². The molecule has 1 aromatic carbocycles. The first-order valence-electron chi connectivity index (χ1n) is 7.12. The van der Waals surface area contributed by atoms with Crippen LogP contribution in [0.4, 0.5) is 0 Å². The van der Waals surface area contributed by atoms with Crippen LogP contribution >= 0.6 is 0 Å². The second kappa shape index (κ2) is 8.80. The van der Waals surface area contributed by atoms with Crippen molar-refractivity contribution >= 4 is 11.8 Å². The minimum absolute atomic E-state index is 0.0597. The fraction of sp³-hybridized carbons (Fsp3) is 0.438. The number of nitrogens with zero attached hydrogens (tertiary/aromatic N) is 1. The summed E-state index contributed by atoms with van der Waals surface area (Å²) in [5.41, 5.74) is 6.36. The Balaban J connectivity index is 2.69. The van der Waals surface area contributed by atoms with Gasteiger partial charge in [-0.05, 0) is 37.0 Å². The summed E-state index contributed by atoms with van der Waals surface area (Å²) in [7, 11) is 0. The lowest BCUT2D eigenvalue weighted by atomic mass is 9.92. The maximum atomic E-state index is 11.3. The average molecular weight is 304 g/mol. The zero-order valence-corrected chi connectivity index (χ0v) is 12.5. The lowest BCUT2D eigenvalue weighted by molar-refractivity contribution is -0.142. The summed E-state index contributed by atoms with van der Waals surface area (Å²) < 4.78 is 5.46. The molecule has 0 aliphatic carbocycles. The first-order chi connectivity index (χ1) is 10.5. The van der Waals surface area contributed by atoms with Gasteiger partial charge in [0.05, 0.1) is 18.6 Å². The lowest BCUT2D eigenvalue weighted by Gasteiger charge is -2.15. The summed E-state index contributed by atoms with van der Waals surface area (Å²) in [5.74, 6) is -1.91. The molecule has 22 heavy (non-hydrogen) atoms. The standard InChI is InChI=1S/C16H20N2O4/c1-2-7-22-13-5-3-11(4-6-13)8-12(16(20)21)9-14(18)15(19)10-17/h3-6,12,14H,2,7-9,18H2,1H3,(H,20,21). The van der Waals surface area contributed by atoms with E-state index in [4.69, 9.17) is 15.7 Å². The van der Waals surface area contributed by atoms with Crippen molar-refractivity contribution in [3.63, 3.8) is 0 Å². The molecular weight excluding hydrogens is 284 g/mol. The smallest absolute Gasteiger partial charge is 0.306 e. The Morgan fingerprint density at radius 1 is 1.36 bits per heavy atom. The number of carboxylic acids is 1. The second-order valence-electron chi connectivity index (χ2n) is 5.05. The number of carboxylic acid groups (broad SMARTS) is 1. The quantitative estimate of drug-likeness (QED) is 0.669. The van der Waals surface area contributed by atoms with E-state index >= 15 is 0 Å². The first-order valence-corrected chi connectivity index (χ1v) is 7.12. The van der Waals surface area contributed by atoms with Gasteiger partial charge in [0.15, 0.2) is 0 Å². The van der Waals surface area contributed by atoms with Crippen molar-refractivity contribution in [2.24, 2.45) is 11.7 Å². The van der Waals surface area contributed by atoms with E-state index in [2.05, 4.69) is 0 Å². The maximum absolute atomic E-state index is 11.3. The van der Waals surface area contributed by atoms with Crippen LogP contribution in [0.25, 0.3) is 0 Å². The molecule has 0 spiro atoms. The normalized spacial score (nSPS) is 13.0. The Hall–Kier alpha value is -2.39. The Bertz CT molecular complexity index is 548. The van der Waals surface area contributed by atoms with Gasteiger partial charge >= 0.3 is 5.97 Å². The van der Waals surface area contributed by atoms with Crippen LogP contribution in [0.3, 0.4) is 0 Å². The molecule has 6 nitrogen and oxygen atoms in total. The third-order valence-corrected chi connectivity index (χ3v) is 3.21. The Labute approximate surface area is 129 Å². The molecule has 2 atom stereocenters. The van der Waals surface area contributed by atoms with Crippen molar-refractivity contribution in [2.45, 2.75) is 32.2 Å². The number of benzene rings is 1. The number of rotatable bonds is 9. The molecule has 0 saturated carbocycles. The largest absolute Gasteiger partial charge is 0.494 e. The van der Waals surface area contributed by atoms with Crippen LogP contribution in [0, 0.1) is 17.2 Å². The molecule has 0 saturated heterocycles. The van der Waals surface area contributed by atoms with E-state index in [0.29, 0.717) is 6.61 Å². The lowest BCUT2D eigenvalue weighted by Crippen LogP contribution is -2.34. The molecule has 1 rings (SSSR count). The molecule has 1 aromatic rings. The third kappa shape index (κ3) is 5.54. The summed E-state index contributed by atoms with van der Waals surface area (Å²) in [6, 6.07) is 7.50. The van der Waals surface area contributed by atoms with E-state index in [9.17, 15) is 14.7 Å². The topological polar surface area (TPSA) is 113 Å². The van der Waals surface area contributed by atoms with Gasteiger partial charge in [-0.2, -0.15) is 5.26 Å². The molecule has 0 fully saturated rings. The van der Waals surface area contributed by atoms with E-state index in [1.807, 2.05) is 6.92 Å². The number of carbonyl (C=O) groups is 2. The number of hydrogen-bond acceptors (Lipinski definition) is 5. The summed E-state index contributed by atoms with van der Waals surface area (Å²) >= 11 is 0. The van der Waals surface area contributed by atoms with E-state index in [-0.39, 0.29) is 12.8 Å². The number of Topliss-reactive ketones (excluding diaryl/α,β-unsaturated/α-hetero) is 1. The minimum atomic E-state index is -1.07. The molecule has 0 amide bonds. The molecule has 2 unspecified atom stereocenters. The van der Waals surface area contributed by atoms with Crippen LogP contribution in [0.1, 0.15) is 25.3 Å². The van der Waals surface area contributed by atoms with Gasteiger partial charge in [-0.25, -0.2) is 0 Å². The average Bonchev–Trinajstić information content (AvgIpc) is 2.52. The van der Waals surface area contributed by atoms with Gasteiger partial charge in [0.2, 0.25) is 5.78 Å². The van der Waals surface area contributed by atoms with Gasteiger partial charge in [-0.1, -0.05) is 19.1 Å². The van der Waals surface area contributed by atoms with Crippen LogP contribution in [0.2, 0.25) is 0 Å². The van der Waals surface area contributed by atoms with Crippen LogP contribution in [0.15, 0.2) is 24.3 Å². The first kappa shape index (κ1) is 17.7. The van der Waals surface area contributed by atoms with Gasteiger partial charge in [0, 0.05) is 0 Å². The van der Waals surface area contributed by atoms with Crippen molar-refractivity contribution < 1.29 is 19.4 Å². The van der Waals surface area contributed by atoms with Crippen molar-refractivity contribution in [1.29, 1.82) is 5.26 Å². The molecule has 0 bridgehead atoms. The molecule has 0 radical (unpaired) electrons. The van der Waals surface area contributed by atoms with Gasteiger partial charge in [-0.15, -0.1) is 0 Å². The summed E-state index contributed by atoms with van der Waals surface area (Å²) in [5, 5.41) is 17.7. The molecule has 0 aliphatic heterocycles. The monoisotopic (exact) mass is 304 g/mol. The number of carbonyl (C=O) groups excluding carboxylic acids is 1. The van der Waals surface area contributed by atoms with Crippen molar-refractivity contribution in [2.75, 3.05) is 6.61 Å². The predicted molar refractivity (Wildman–Crippen MR) is 80.3 cm³/mol. The van der Waals surface area contributed by atoms with Gasteiger partial charge in [0.1, 0.15) is 11.8 Å². The molecule has 0 aromatic heterocycles. The van der Waals surface area contributed by atoms with Gasteiger partial charge in [0.25, 0.3) is 0 Å². The predicted octanol–water partition coefficient (Wildman–Crippen LogP) is 1.53. The number of hydrogen-bond donors (Lipinski definition) is 2. The van der Waals surface area contributed by atoms with Crippen molar-refractivity contribution in [3.8, 4) is 11.8 Å². The van der Waals surface area contributed by atoms with E-state index in [1.165, 1.54) is 6.07 Å². The molecule has 118 valence electrons. The highest BCUT2D eigenvalue weighted by Crippen LogP contribution is 2.18. The maximum Gasteiger partial charge on any atom is 0.306 e. The molecular formula is C16H20N2O4. The van der Waals surface area contributed by atoms with E-state index in [0.717, 1.165) is 17.7 Å². The second-order valence-corrected chi connectivity index (χ2v) is 5.05.